The quantitative estimate of drug-likeness (QED) is 0.807. The van der Waals surface area contributed by atoms with E-state index in [1.165, 1.54) is 0 Å². The highest BCUT2D eigenvalue weighted by Gasteiger charge is 2.33. The predicted octanol–water partition coefficient (Wildman–Crippen LogP) is 0.929. The van der Waals surface area contributed by atoms with E-state index in [0.717, 1.165) is 25.9 Å². The molecule has 2 unspecified atom stereocenters. The molecule has 19 heavy (non-hydrogen) atoms. The molecule has 2 aliphatic heterocycles. The van der Waals surface area contributed by atoms with Crippen molar-refractivity contribution >= 4 is 11.8 Å². The van der Waals surface area contributed by atoms with Crippen LogP contribution in [0.25, 0.3) is 0 Å². The Hall–Kier alpha value is -1.10. The summed E-state index contributed by atoms with van der Waals surface area (Å²) in [5.41, 5.74) is 0. The number of hydrogen-bond donors (Lipinski definition) is 1. The lowest BCUT2D eigenvalue weighted by atomic mass is 9.99. The number of carbonyl (C=O) groups is 2. The Morgan fingerprint density at radius 1 is 1.53 bits per heavy atom. The van der Waals surface area contributed by atoms with Gasteiger partial charge in [0.05, 0.1) is 6.10 Å². The third-order valence-electron chi connectivity index (χ3n) is 3.82. The maximum atomic E-state index is 12.3. The average Bonchev–Trinajstić information content (AvgIpc) is 2.29. The first-order valence-corrected chi connectivity index (χ1v) is 7.26. The van der Waals surface area contributed by atoms with Crippen molar-refractivity contribution in [3.05, 3.63) is 0 Å². The van der Waals surface area contributed by atoms with Crippen LogP contribution in [0.3, 0.4) is 0 Å². The van der Waals surface area contributed by atoms with Crippen LogP contribution in [0.2, 0.25) is 0 Å². The summed E-state index contributed by atoms with van der Waals surface area (Å²) < 4.78 is 5.33. The number of piperazine rings is 1. The van der Waals surface area contributed by atoms with Gasteiger partial charge in [-0.25, -0.2) is 0 Å². The van der Waals surface area contributed by atoms with Crippen molar-refractivity contribution in [1.29, 1.82) is 0 Å². The highest BCUT2D eigenvalue weighted by molar-refractivity contribution is 5.88. The number of nitrogens with zero attached hydrogens (tertiary/aromatic N) is 1. The summed E-state index contributed by atoms with van der Waals surface area (Å²) in [4.78, 5) is 26.0. The lowest BCUT2D eigenvalue weighted by Gasteiger charge is -2.36. The van der Waals surface area contributed by atoms with Crippen molar-refractivity contribution in [2.45, 2.75) is 51.7 Å². The molecule has 5 heteroatoms. The molecule has 0 saturated carbocycles. The summed E-state index contributed by atoms with van der Waals surface area (Å²) in [7, 11) is 0. The van der Waals surface area contributed by atoms with Crippen LogP contribution < -0.4 is 5.32 Å². The van der Waals surface area contributed by atoms with Crippen LogP contribution in [-0.4, -0.2) is 48.6 Å². The largest absolute Gasteiger partial charge is 0.378 e. The maximum Gasteiger partial charge on any atom is 0.242 e. The van der Waals surface area contributed by atoms with Gasteiger partial charge in [0.2, 0.25) is 11.8 Å². The van der Waals surface area contributed by atoms with E-state index in [1.54, 1.807) is 4.90 Å². The van der Waals surface area contributed by atoms with Crippen LogP contribution in [0.15, 0.2) is 0 Å². The van der Waals surface area contributed by atoms with E-state index < -0.39 is 0 Å². The van der Waals surface area contributed by atoms with Crippen molar-refractivity contribution in [1.82, 2.24) is 10.2 Å². The molecule has 0 spiro atoms. The molecular weight excluding hydrogens is 244 g/mol. The molecule has 0 radical (unpaired) electrons. The van der Waals surface area contributed by atoms with Gasteiger partial charge in [-0.1, -0.05) is 13.8 Å². The number of ether oxygens (including phenoxy) is 1. The topological polar surface area (TPSA) is 58.6 Å². The summed E-state index contributed by atoms with van der Waals surface area (Å²) in [5, 5.41) is 2.85. The van der Waals surface area contributed by atoms with Crippen molar-refractivity contribution in [3.63, 3.8) is 0 Å². The van der Waals surface area contributed by atoms with E-state index in [-0.39, 0.29) is 24.0 Å². The van der Waals surface area contributed by atoms with Gasteiger partial charge in [-0.2, -0.15) is 0 Å². The summed E-state index contributed by atoms with van der Waals surface area (Å²) in [6.45, 7) is 6.17. The van der Waals surface area contributed by atoms with Crippen molar-refractivity contribution in [2.75, 3.05) is 19.7 Å². The second-order valence-corrected chi connectivity index (χ2v) is 5.84. The lowest BCUT2D eigenvalue weighted by Crippen LogP contribution is -2.57. The number of nitrogens with one attached hydrogen (secondary N) is 1. The molecule has 0 aliphatic carbocycles. The fraction of sp³-hybridized carbons (Fsp3) is 0.857. The van der Waals surface area contributed by atoms with Crippen LogP contribution in [0.1, 0.15) is 39.5 Å². The van der Waals surface area contributed by atoms with E-state index in [4.69, 9.17) is 4.74 Å². The Morgan fingerprint density at radius 2 is 2.26 bits per heavy atom. The standard InChI is InChI=1S/C14H24N2O3/c1-10(2)9-12-14(18)15-6-7-16(12)13(17)4-3-11-5-8-19-11/h10-12H,3-9H2,1-2H3,(H,15,18). The van der Waals surface area contributed by atoms with Gasteiger partial charge in [0.1, 0.15) is 6.04 Å². The predicted molar refractivity (Wildman–Crippen MR) is 71.6 cm³/mol. The van der Waals surface area contributed by atoms with Crippen molar-refractivity contribution in [2.24, 2.45) is 5.92 Å². The third-order valence-corrected chi connectivity index (χ3v) is 3.82. The summed E-state index contributed by atoms with van der Waals surface area (Å²) >= 11 is 0. The summed E-state index contributed by atoms with van der Waals surface area (Å²) in [5.74, 6) is 0.489. The zero-order valence-corrected chi connectivity index (χ0v) is 11.9. The Morgan fingerprint density at radius 3 is 2.84 bits per heavy atom. The molecule has 2 heterocycles. The van der Waals surface area contributed by atoms with E-state index >= 15 is 0 Å². The molecule has 0 aromatic carbocycles. The molecule has 2 saturated heterocycles. The van der Waals surface area contributed by atoms with E-state index in [1.807, 2.05) is 0 Å². The zero-order chi connectivity index (χ0) is 13.8. The Kier molecular flexibility index (Phi) is 4.80. The van der Waals surface area contributed by atoms with Crippen LogP contribution in [-0.2, 0) is 14.3 Å². The van der Waals surface area contributed by atoms with Gasteiger partial charge in [0.15, 0.2) is 0 Å². The minimum atomic E-state index is -0.288. The SMILES string of the molecule is CC(C)CC1C(=O)NCCN1C(=O)CCC1CCO1. The lowest BCUT2D eigenvalue weighted by molar-refractivity contribution is -0.145. The fourth-order valence-corrected chi connectivity index (χ4v) is 2.63. The first-order chi connectivity index (χ1) is 9.08. The minimum Gasteiger partial charge on any atom is -0.378 e. The molecule has 108 valence electrons. The first-order valence-electron chi connectivity index (χ1n) is 7.26. The van der Waals surface area contributed by atoms with E-state index in [9.17, 15) is 9.59 Å². The van der Waals surface area contributed by atoms with Crippen LogP contribution >= 0.6 is 0 Å². The maximum absolute atomic E-state index is 12.3. The third kappa shape index (κ3) is 3.69. The number of carbonyl (C=O) groups excluding carboxylic acids is 2. The van der Waals surface area contributed by atoms with Gasteiger partial charge in [0, 0.05) is 26.1 Å². The monoisotopic (exact) mass is 268 g/mol. The Bertz CT molecular complexity index is 340. The van der Waals surface area contributed by atoms with Gasteiger partial charge < -0.3 is 15.0 Å². The zero-order valence-electron chi connectivity index (χ0n) is 11.9. The summed E-state index contributed by atoms with van der Waals surface area (Å²) in [6.07, 6.45) is 3.32. The first kappa shape index (κ1) is 14.3. The second kappa shape index (κ2) is 6.37. The number of hydrogen-bond acceptors (Lipinski definition) is 3. The molecule has 2 fully saturated rings. The highest BCUT2D eigenvalue weighted by atomic mass is 16.5. The van der Waals surface area contributed by atoms with Gasteiger partial charge in [0.25, 0.3) is 0 Å². The van der Waals surface area contributed by atoms with Crippen LogP contribution in [0.5, 0.6) is 0 Å². The normalized spacial score (nSPS) is 27.1. The molecule has 0 aromatic rings. The molecular formula is C14H24N2O3. The molecule has 5 nitrogen and oxygen atoms in total. The Balaban J connectivity index is 1.89. The average molecular weight is 268 g/mol. The molecule has 2 amide bonds. The van der Waals surface area contributed by atoms with Crippen LogP contribution in [0.4, 0.5) is 0 Å². The fourth-order valence-electron chi connectivity index (χ4n) is 2.63. The molecule has 2 aliphatic rings. The second-order valence-electron chi connectivity index (χ2n) is 5.84. The molecule has 0 bridgehead atoms. The van der Waals surface area contributed by atoms with Gasteiger partial charge >= 0.3 is 0 Å². The molecule has 0 aromatic heterocycles. The smallest absolute Gasteiger partial charge is 0.242 e. The van der Waals surface area contributed by atoms with Crippen LogP contribution in [0, 0.1) is 5.92 Å². The van der Waals surface area contributed by atoms with Gasteiger partial charge in [-0.05, 0) is 25.2 Å². The van der Waals surface area contributed by atoms with Crippen molar-refractivity contribution in [3.8, 4) is 0 Å². The Labute approximate surface area is 114 Å². The highest BCUT2D eigenvalue weighted by Crippen LogP contribution is 2.20. The molecule has 1 N–H and O–H groups in total. The molecule has 2 atom stereocenters. The van der Waals surface area contributed by atoms with E-state index in [0.29, 0.717) is 25.4 Å². The summed E-state index contributed by atoms with van der Waals surface area (Å²) in [6, 6.07) is -0.288. The number of amides is 2. The molecule has 2 rings (SSSR count). The van der Waals surface area contributed by atoms with E-state index in [2.05, 4.69) is 19.2 Å². The number of rotatable bonds is 5. The van der Waals surface area contributed by atoms with Gasteiger partial charge in [-0.3, -0.25) is 9.59 Å². The minimum absolute atomic E-state index is 0.00630. The van der Waals surface area contributed by atoms with Gasteiger partial charge in [-0.15, -0.1) is 0 Å². The van der Waals surface area contributed by atoms with Crippen molar-refractivity contribution < 1.29 is 14.3 Å².